The first-order chi connectivity index (χ1) is 7.24. The molecule has 4 heteroatoms. The van der Waals surface area contributed by atoms with E-state index in [1.807, 2.05) is 0 Å². The Hall–Kier alpha value is -2.46. The number of hydrogen-bond donors (Lipinski definition) is 1. The zero-order chi connectivity index (χ0) is 11.3. The third kappa shape index (κ3) is 2.07. The lowest BCUT2D eigenvalue weighted by Gasteiger charge is -2.05. The normalized spacial score (nSPS) is 8.27. The smallest absolute Gasteiger partial charge is 0.169 e. The minimum atomic E-state index is -0.266. The molecule has 0 bridgehead atoms. The second kappa shape index (κ2) is 4.69. The van der Waals surface area contributed by atoms with Gasteiger partial charge in [-0.2, -0.15) is 5.26 Å². The van der Waals surface area contributed by atoms with Crippen molar-refractivity contribution in [3.05, 3.63) is 23.3 Å². The van der Waals surface area contributed by atoms with Gasteiger partial charge in [-0.25, -0.2) is 0 Å². The second-order valence-electron chi connectivity index (χ2n) is 2.56. The Morgan fingerprint density at radius 1 is 1.53 bits per heavy atom. The maximum Gasteiger partial charge on any atom is 0.169 e. The van der Waals surface area contributed by atoms with E-state index in [1.54, 1.807) is 6.07 Å². The van der Waals surface area contributed by atoms with Crippen molar-refractivity contribution < 1.29 is 14.6 Å². The molecule has 0 heterocycles. The first-order valence-corrected chi connectivity index (χ1v) is 3.99. The van der Waals surface area contributed by atoms with E-state index in [4.69, 9.17) is 10.00 Å². The fourth-order valence-corrected chi connectivity index (χ4v) is 1.08. The van der Waals surface area contributed by atoms with Crippen molar-refractivity contribution in [3.63, 3.8) is 0 Å². The summed E-state index contributed by atoms with van der Waals surface area (Å²) in [5, 5.41) is 17.8. The molecule has 1 aromatic rings. The minimum Gasteiger partial charge on any atom is -0.504 e. The van der Waals surface area contributed by atoms with Gasteiger partial charge in [0.05, 0.1) is 12.7 Å². The zero-order valence-corrected chi connectivity index (χ0v) is 7.94. The van der Waals surface area contributed by atoms with Crippen molar-refractivity contribution in [2.45, 2.75) is 0 Å². The molecule has 0 aliphatic carbocycles. The number of aromatic hydroxyl groups is 1. The standard InChI is InChI=1S/C11H7NO3/c1-15-10-5-4-8(3-2-6-12)9(7-13)11(10)14/h4-5,7,14H,1H3. The van der Waals surface area contributed by atoms with Crippen LogP contribution in [0.1, 0.15) is 15.9 Å². The van der Waals surface area contributed by atoms with Gasteiger partial charge in [0.25, 0.3) is 0 Å². The highest BCUT2D eigenvalue weighted by Gasteiger charge is 2.10. The van der Waals surface area contributed by atoms with Gasteiger partial charge in [-0.1, -0.05) is 0 Å². The molecule has 0 saturated carbocycles. The van der Waals surface area contributed by atoms with E-state index in [1.165, 1.54) is 19.2 Å². The van der Waals surface area contributed by atoms with E-state index in [9.17, 15) is 9.90 Å². The quantitative estimate of drug-likeness (QED) is 0.574. The highest BCUT2D eigenvalue weighted by Crippen LogP contribution is 2.30. The van der Waals surface area contributed by atoms with Crippen molar-refractivity contribution in [1.82, 2.24) is 0 Å². The van der Waals surface area contributed by atoms with Crippen LogP contribution < -0.4 is 4.74 Å². The van der Waals surface area contributed by atoms with Crippen molar-refractivity contribution in [3.8, 4) is 29.4 Å². The summed E-state index contributed by atoms with van der Waals surface area (Å²) in [5.41, 5.74) is 0.321. The van der Waals surface area contributed by atoms with Crippen LogP contribution in [0, 0.1) is 23.2 Å². The fourth-order valence-electron chi connectivity index (χ4n) is 1.08. The number of carbonyl (C=O) groups excluding carboxylic acids is 1. The molecule has 0 spiro atoms. The molecule has 0 aliphatic heterocycles. The van der Waals surface area contributed by atoms with E-state index >= 15 is 0 Å². The van der Waals surface area contributed by atoms with E-state index in [0.29, 0.717) is 11.8 Å². The largest absolute Gasteiger partial charge is 0.504 e. The summed E-state index contributed by atoms with van der Waals surface area (Å²) in [5.74, 6) is 4.52. The van der Waals surface area contributed by atoms with Gasteiger partial charge in [-0.3, -0.25) is 4.79 Å². The Bertz CT molecular complexity index is 489. The number of phenols is 1. The number of phenolic OH excluding ortho intramolecular Hbond substituents is 1. The number of carbonyl (C=O) groups is 1. The Morgan fingerprint density at radius 2 is 2.27 bits per heavy atom. The van der Waals surface area contributed by atoms with Crippen LogP contribution in [0.25, 0.3) is 0 Å². The van der Waals surface area contributed by atoms with Crippen LogP contribution in [-0.4, -0.2) is 18.5 Å². The molecule has 15 heavy (non-hydrogen) atoms. The fraction of sp³-hybridized carbons (Fsp3) is 0.0909. The average molecular weight is 201 g/mol. The van der Waals surface area contributed by atoms with Gasteiger partial charge in [0.2, 0.25) is 0 Å². The van der Waals surface area contributed by atoms with Crippen LogP contribution >= 0.6 is 0 Å². The second-order valence-corrected chi connectivity index (χ2v) is 2.56. The van der Waals surface area contributed by atoms with Gasteiger partial charge in [0.1, 0.15) is 0 Å². The van der Waals surface area contributed by atoms with Crippen molar-refractivity contribution in [2.75, 3.05) is 7.11 Å². The minimum absolute atomic E-state index is 0.0251. The van der Waals surface area contributed by atoms with Crippen LogP contribution in [0.3, 0.4) is 0 Å². The monoisotopic (exact) mass is 201 g/mol. The molecule has 0 radical (unpaired) electrons. The third-order valence-electron chi connectivity index (χ3n) is 1.77. The first kappa shape index (κ1) is 10.6. The van der Waals surface area contributed by atoms with Gasteiger partial charge >= 0.3 is 0 Å². The van der Waals surface area contributed by atoms with E-state index in [0.717, 1.165) is 0 Å². The van der Waals surface area contributed by atoms with E-state index in [-0.39, 0.29) is 17.1 Å². The van der Waals surface area contributed by atoms with E-state index in [2.05, 4.69) is 11.8 Å². The van der Waals surface area contributed by atoms with Gasteiger partial charge in [-0.15, -0.1) is 0 Å². The maximum atomic E-state index is 10.7. The molecule has 0 saturated heterocycles. The molecule has 0 unspecified atom stereocenters. The highest BCUT2D eigenvalue weighted by molar-refractivity contribution is 5.85. The number of nitriles is 1. The molecule has 74 valence electrons. The molecule has 4 nitrogen and oxygen atoms in total. The third-order valence-corrected chi connectivity index (χ3v) is 1.77. The lowest BCUT2D eigenvalue weighted by atomic mass is 10.1. The van der Waals surface area contributed by atoms with Crippen LogP contribution in [0.5, 0.6) is 11.5 Å². The zero-order valence-electron chi connectivity index (χ0n) is 7.94. The number of ether oxygens (including phenoxy) is 1. The Morgan fingerprint density at radius 3 is 2.80 bits per heavy atom. The van der Waals surface area contributed by atoms with Crippen LogP contribution in [0.4, 0.5) is 0 Å². The summed E-state index contributed by atoms with van der Waals surface area (Å²) < 4.78 is 4.82. The lowest BCUT2D eigenvalue weighted by Crippen LogP contribution is -1.92. The number of benzene rings is 1. The predicted octanol–water partition coefficient (Wildman–Crippen LogP) is 1.09. The number of methoxy groups -OCH3 is 1. The topological polar surface area (TPSA) is 70.3 Å². The summed E-state index contributed by atoms with van der Waals surface area (Å²) in [6.45, 7) is 0. The summed E-state index contributed by atoms with van der Waals surface area (Å²) >= 11 is 0. The van der Waals surface area contributed by atoms with Gasteiger partial charge in [0, 0.05) is 11.5 Å². The van der Waals surface area contributed by atoms with Crippen LogP contribution in [-0.2, 0) is 0 Å². The number of hydrogen-bond acceptors (Lipinski definition) is 4. The molecular formula is C11H7NO3. The Kier molecular flexibility index (Phi) is 3.32. The molecule has 1 N–H and O–H groups in total. The van der Waals surface area contributed by atoms with E-state index < -0.39 is 0 Å². The van der Waals surface area contributed by atoms with Crippen molar-refractivity contribution >= 4 is 6.29 Å². The van der Waals surface area contributed by atoms with Gasteiger partial charge in [-0.05, 0) is 18.1 Å². The molecule has 0 atom stereocenters. The maximum absolute atomic E-state index is 10.7. The Balaban J connectivity index is 3.38. The molecule has 0 aromatic heterocycles. The van der Waals surface area contributed by atoms with Crippen molar-refractivity contribution in [1.29, 1.82) is 5.26 Å². The summed E-state index contributed by atoms with van der Waals surface area (Å²) in [6.07, 6.45) is 0.471. The Labute approximate surface area is 86.7 Å². The average Bonchev–Trinajstić information content (AvgIpc) is 2.26. The van der Waals surface area contributed by atoms with Gasteiger partial charge < -0.3 is 9.84 Å². The molecule has 0 amide bonds. The summed E-state index contributed by atoms with van der Waals surface area (Å²) in [7, 11) is 1.38. The first-order valence-electron chi connectivity index (χ1n) is 3.99. The molecule has 0 aliphatic rings. The van der Waals surface area contributed by atoms with Crippen LogP contribution in [0.15, 0.2) is 12.1 Å². The molecular weight excluding hydrogens is 194 g/mol. The SMILES string of the molecule is COc1ccc(C#CC#N)c(C=O)c1O. The summed E-state index contributed by atoms with van der Waals surface area (Å²) in [4.78, 5) is 10.7. The number of rotatable bonds is 2. The molecule has 1 aromatic carbocycles. The summed E-state index contributed by atoms with van der Waals surface area (Å²) in [6, 6.07) is 4.61. The predicted molar refractivity (Wildman–Crippen MR) is 52.5 cm³/mol. The number of aldehydes is 1. The van der Waals surface area contributed by atoms with Crippen molar-refractivity contribution in [2.24, 2.45) is 0 Å². The molecule has 1 rings (SSSR count). The number of nitrogens with zero attached hydrogens (tertiary/aromatic N) is 1. The highest BCUT2D eigenvalue weighted by atomic mass is 16.5. The molecule has 0 fully saturated rings. The van der Waals surface area contributed by atoms with Gasteiger partial charge in [0.15, 0.2) is 23.9 Å². The van der Waals surface area contributed by atoms with Crippen LogP contribution in [0.2, 0.25) is 0 Å². The lowest BCUT2D eigenvalue weighted by molar-refractivity contribution is 0.112.